The summed E-state index contributed by atoms with van der Waals surface area (Å²) in [6.45, 7) is 9.24. The van der Waals surface area contributed by atoms with E-state index in [2.05, 4.69) is 26.1 Å². The zero-order valence-electron chi connectivity index (χ0n) is 10.9. The second-order valence-corrected chi connectivity index (χ2v) is 4.95. The van der Waals surface area contributed by atoms with Crippen molar-refractivity contribution in [3.63, 3.8) is 0 Å². The predicted octanol–water partition coefficient (Wildman–Crippen LogP) is 1.33. The van der Waals surface area contributed by atoms with Gasteiger partial charge in [-0.1, -0.05) is 20.8 Å². The minimum absolute atomic E-state index is 0.00614. The average molecular weight is 231 g/mol. The molecule has 16 heavy (non-hydrogen) atoms. The molecule has 4 nitrogen and oxygen atoms in total. The molecule has 0 fully saturated rings. The molecule has 0 aromatic heterocycles. The van der Waals surface area contributed by atoms with Crippen molar-refractivity contribution in [2.45, 2.75) is 46.6 Å². The number of carbonyl (C=O) groups excluding carboxylic acids is 1. The van der Waals surface area contributed by atoms with Crippen LogP contribution in [0.15, 0.2) is 0 Å². The van der Waals surface area contributed by atoms with E-state index in [4.69, 9.17) is 9.84 Å². The molecule has 0 aliphatic heterocycles. The van der Waals surface area contributed by atoms with E-state index in [1.807, 2.05) is 6.92 Å². The van der Waals surface area contributed by atoms with Gasteiger partial charge < -0.3 is 15.2 Å². The minimum atomic E-state index is -0.0377. The van der Waals surface area contributed by atoms with Crippen molar-refractivity contribution in [3.05, 3.63) is 0 Å². The molecule has 96 valence electrons. The van der Waals surface area contributed by atoms with Crippen molar-refractivity contribution in [1.82, 2.24) is 5.32 Å². The smallest absolute Gasteiger partial charge is 0.222 e. The maximum atomic E-state index is 11.6. The van der Waals surface area contributed by atoms with E-state index in [9.17, 15) is 4.79 Å². The lowest BCUT2D eigenvalue weighted by Gasteiger charge is -2.31. The van der Waals surface area contributed by atoms with E-state index in [1.165, 1.54) is 0 Å². The lowest BCUT2D eigenvalue weighted by molar-refractivity contribution is -0.123. The summed E-state index contributed by atoms with van der Waals surface area (Å²) < 4.78 is 5.12. The predicted molar refractivity (Wildman–Crippen MR) is 64.2 cm³/mol. The molecule has 0 aliphatic rings. The van der Waals surface area contributed by atoms with Crippen LogP contribution in [0.2, 0.25) is 0 Å². The highest BCUT2D eigenvalue weighted by Gasteiger charge is 2.25. The topological polar surface area (TPSA) is 58.6 Å². The lowest BCUT2D eigenvalue weighted by Crippen LogP contribution is -2.44. The molecule has 1 atom stereocenters. The normalized spacial score (nSPS) is 13.6. The van der Waals surface area contributed by atoms with Crippen molar-refractivity contribution in [2.24, 2.45) is 5.41 Å². The molecular weight excluding hydrogens is 206 g/mol. The fourth-order valence-corrected chi connectivity index (χ4v) is 1.43. The first kappa shape index (κ1) is 15.4. The monoisotopic (exact) mass is 231 g/mol. The van der Waals surface area contributed by atoms with E-state index in [0.717, 1.165) is 0 Å². The third-order valence-corrected chi connectivity index (χ3v) is 2.48. The van der Waals surface area contributed by atoms with Gasteiger partial charge in [0, 0.05) is 25.7 Å². The van der Waals surface area contributed by atoms with Crippen LogP contribution < -0.4 is 5.32 Å². The molecule has 0 radical (unpaired) electrons. The molecule has 0 aliphatic carbocycles. The highest BCUT2D eigenvalue weighted by molar-refractivity contribution is 5.76. The Hall–Kier alpha value is -0.610. The second-order valence-electron chi connectivity index (χ2n) is 4.95. The Kier molecular flexibility index (Phi) is 7.34. The molecule has 0 saturated heterocycles. The fourth-order valence-electron chi connectivity index (χ4n) is 1.43. The number of amides is 1. The maximum absolute atomic E-state index is 11.6. The molecule has 1 unspecified atom stereocenters. The van der Waals surface area contributed by atoms with Crippen molar-refractivity contribution >= 4 is 5.91 Å². The van der Waals surface area contributed by atoms with Gasteiger partial charge in [0.2, 0.25) is 5.91 Å². The SMILES string of the molecule is CCOCCC(=O)NC(CCO)C(C)(C)C. The number of nitrogens with one attached hydrogen (secondary N) is 1. The van der Waals surface area contributed by atoms with Gasteiger partial charge in [-0.25, -0.2) is 0 Å². The van der Waals surface area contributed by atoms with Gasteiger partial charge in [0.25, 0.3) is 0 Å². The quantitative estimate of drug-likeness (QED) is 0.650. The molecule has 0 saturated carbocycles. The van der Waals surface area contributed by atoms with Crippen LogP contribution in [0.4, 0.5) is 0 Å². The van der Waals surface area contributed by atoms with Crippen molar-refractivity contribution in [3.8, 4) is 0 Å². The summed E-state index contributed by atoms with van der Waals surface area (Å²) in [7, 11) is 0. The number of rotatable bonds is 7. The van der Waals surface area contributed by atoms with Crippen LogP contribution in [0.25, 0.3) is 0 Å². The Morgan fingerprint density at radius 1 is 1.44 bits per heavy atom. The summed E-state index contributed by atoms with van der Waals surface area (Å²) in [6, 6.07) is 0.00614. The molecule has 0 heterocycles. The summed E-state index contributed by atoms with van der Waals surface area (Å²) in [5, 5.41) is 11.9. The van der Waals surface area contributed by atoms with Crippen LogP contribution in [0.1, 0.15) is 40.5 Å². The number of aliphatic hydroxyl groups is 1. The zero-order chi connectivity index (χ0) is 12.6. The van der Waals surface area contributed by atoms with Gasteiger partial charge in [0.1, 0.15) is 0 Å². The highest BCUT2D eigenvalue weighted by atomic mass is 16.5. The molecule has 0 rings (SSSR count). The van der Waals surface area contributed by atoms with Gasteiger partial charge in [0.05, 0.1) is 6.61 Å². The number of ether oxygens (including phenoxy) is 1. The van der Waals surface area contributed by atoms with E-state index < -0.39 is 0 Å². The third-order valence-electron chi connectivity index (χ3n) is 2.48. The first-order valence-corrected chi connectivity index (χ1v) is 5.89. The summed E-state index contributed by atoms with van der Waals surface area (Å²) in [5.41, 5.74) is -0.0377. The van der Waals surface area contributed by atoms with Crippen molar-refractivity contribution in [1.29, 1.82) is 0 Å². The summed E-state index contributed by atoms with van der Waals surface area (Å²) in [4.78, 5) is 11.6. The Morgan fingerprint density at radius 2 is 2.06 bits per heavy atom. The second kappa shape index (κ2) is 7.63. The van der Waals surface area contributed by atoms with E-state index in [1.54, 1.807) is 0 Å². The molecule has 0 aromatic carbocycles. The van der Waals surface area contributed by atoms with E-state index >= 15 is 0 Å². The standard InChI is InChI=1S/C12H25NO3/c1-5-16-9-7-11(15)13-10(6-8-14)12(2,3)4/h10,14H,5-9H2,1-4H3,(H,13,15). The Balaban J connectivity index is 4.04. The van der Waals surface area contributed by atoms with Gasteiger partial charge in [-0.15, -0.1) is 0 Å². The summed E-state index contributed by atoms with van der Waals surface area (Å²) in [6.07, 6.45) is 0.968. The molecule has 1 amide bonds. The van der Waals surface area contributed by atoms with Crippen LogP contribution >= 0.6 is 0 Å². The van der Waals surface area contributed by atoms with Gasteiger partial charge in [0.15, 0.2) is 0 Å². The Morgan fingerprint density at radius 3 is 2.50 bits per heavy atom. The van der Waals surface area contributed by atoms with E-state index in [0.29, 0.717) is 26.1 Å². The van der Waals surface area contributed by atoms with Gasteiger partial charge in [-0.3, -0.25) is 4.79 Å². The van der Waals surface area contributed by atoms with Crippen LogP contribution in [-0.4, -0.2) is 36.9 Å². The first-order valence-electron chi connectivity index (χ1n) is 5.89. The van der Waals surface area contributed by atoms with Crippen molar-refractivity contribution < 1.29 is 14.6 Å². The number of hydrogen-bond acceptors (Lipinski definition) is 3. The Labute approximate surface area is 98.4 Å². The molecular formula is C12H25NO3. The van der Waals surface area contributed by atoms with Gasteiger partial charge in [-0.2, -0.15) is 0 Å². The molecule has 0 spiro atoms. The highest BCUT2D eigenvalue weighted by Crippen LogP contribution is 2.21. The number of carbonyl (C=O) groups is 1. The zero-order valence-corrected chi connectivity index (χ0v) is 10.9. The average Bonchev–Trinajstić information content (AvgIpc) is 2.16. The van der Waals surface area contributed by atoms with Gasteiger partial charge >= 0.3 is 0 Å². The Bertz CT molecular complexity index is 199. The summed E-state index contributed by atoms with van der Waals surface area (Å²) in [5.74, 6) is -0.0122. The van der Waals surface area contributed by atoms with Crippen LogP contribution in [0.3, 0.4) is 0 Å². The lowest BCUT2D eigenvalue weighted by atomic mass is 9.85. The molecule has 0 bridgehead atoms. The van der Waals surface area contributed by atoms with Gasteiger partial charge in [-0.05, 0) is 18.8 Å². The van der Waals surface area contributed by atoms with Crippen LogP contribution in [0, 0.1) is 5.41 Å². The van der Waals surface area contributed by atoms with E-state index in [-0.39, 0.29) is 24.0 Å². The fraction of sp³-hybridized carbons (Fsp3) is 0.917. The molecule has 2 N–H and O–H groups in total. The minimum Gasteiger partial charge on any atom is -0.396 e. The third kappa shape index (κ3) is 6.80. The van der Waals surface area contributed by atoms with Crippen LogP contribution in [-0.2, 0) is 9.53 Å². The molecule has 4 heteroatoms. The maximum Gasteiger partial charge on any atom is 0.222 e. The first-order chi connectivity index (χ1) is 7.41. The largest absolute Gasteiger partial charge is 0.396 e. The summed E-state index contributed by atoms with van der Waals surface area (Å²) >= 11 is 0. The molecule has 0 aromatic rings. The number of aliphatic hydroxyl groups excluding tert-OH is 1. The number of hydrogen-bond donors (Lipinski definition) is 2. The van der Waals surface area contributed by atoms with Crippen molar-refractivity contribution in [2.75, 3.05) is 19.8 Å². The van der Waals surface area contributed by atoms with Crippen LogP contribution in [0.5, 0.6) is 0 Å².